The lowest BCUT2D eigenvalue weighted by atomic mass is 9.88. The van der Waals surface area contributed by atoms with Crippen molar-refractivity contribution in [2.45, 2.75) is 0 Å². The van der Waals surface area contributed by atoms with E-state index in [-0.39, 0.29) is 0 Å². The second-order valence-corrected chi connectivity index (χ2v) is 16.5. The predicted molar refractivity (Wildman–Crippen MR) is 277 cm³/mol. The second kappa shape index (κ2) is 17.7. The van der Waals surface area contributed by atoms with Gasteiger partial charge in [0.1, 0.15) is 0 Å². The highest BCUT2D eigenvalue weighted by molar-refractivity contribution is 5.97. The first-order valence-corrected chi connectivity index (χ1v) is 22.3. The van der Waals surface area contributed by atoms with Crippen LogP contribution in [0.4, 0.5) is 17.1 Å². The van der Waals surface area contributed by atoms with Crippen LogP contribution >= 0.6 is 0 Å². The van der Waals surface area contributed by atoms with Crippen molar-refractivity contribution in [1.82, 2.24) is 0 Å². The Morgan fingerprint density at radius 1 is 0.185 bits per heavy atom. The third-order valence-corrected chi connectivity index (χ3v) is 12.5. The third-order valence-electron chi connectivity index (χ3n) is 12.5. The Bertz CT molecular complexity index is 3370. The smallest absolute Gasteiger partial charge is 0.0540 e. The van der Waals surface area contributed by atoms with Crippen molar-refractivity contribution in [3.63, 3.8) is 0 Å². The average molecular weight is 828 g/mol. The fraction of sp³-hybridized carbons (Fsp3) is 0. The molecule has 0 unspecified atom stereocenters. The van der Waals surface area contributed by atoms with Crippen LogP contribution in [-0.4, -0.2) is 0 Å². The molecule has 0 heterocycles. The van der Waals surface area contributed by atoms with Gasteiger partial charge in [-0.15, -0.1) is 0 Å². The Kier molecular flexibility index (Phi) is 10.7. The van der Waals surface area contributed by atoms with Gasteiger partial charge in [-0.25, -0.2) is 0 Å². The maximum absolute atomic E-state index is 2.41. The molecule has 0 radical (unpaired) electrons. The van der Waals surface area contributed by atoms with E-state index in [1.165, 1.54) is 83.1 Å². The highest BCUT2D eigenvalue weighted by Crippen LogP contribution is 2.46. The summed E-state index contributed by atoms with van der Waals surface area (Å²) in [6.45, 7) is 0. The van der Waals surface area contributed by atoms with Crippen LogP contribution in [-0.2, 0) is 0 Å². The summed E-state index contributed by atoms with van der Waals surface area (Å²) in [7, 11) is 0. The molecule has 1 nitrogen and oxygen atoms in total. The van der Waals surface area contributed by atoms with Crippen LogP contribution in [0.5, 0.6) is 0 Å². The van der Waals surface area contributed by atoms with Crippen molar-refractivity contribution in [1.29, 1.82) is 0 Å². The zero-order chi connectivity index (χ0) is 43.4. The first-order valence-electron chi connectivity index (χ1n) is 22.3. The minimum Gasteiger partial charge on any atom is -0.310 e. The van der Waals surface area contributed by atoms with Crippen molar-refractivity contribution < 1.29 is 0 Å². The minimum atomic E-state index is 1.08. The standard InChI is InChI=1S/C64H45N/c1-3-15-46(16-4-1)49-27-29-51(30-28-49)52-37-41-57(42-38-52)65(58-43-39-53(40-44-58)56-36-33-48-19-7-8-20-55(48)45-56)64-26-14-13-25-63(64)62-24-12-11-23-61(62)60-22-10-9-21-59(60)54-34-31-50(32-35-54)47-17-5-2-6-18-47/h1-45H. The van der Waals surface area contributed by atoms with E-state index in [1.54, 1.807) is 0 Å². The molecule has 0 saturated carbocycles. The normalized spacial score (nSPS) is 11.1. The zero-order valence-corrected chi connectivity index (χ0v) is 35.9. The first-order chi connectivity index (χ1) is 32.2. The molecule has 306 valence electrons. The van der Waals surface area contributed by atoms with E-state index in [0.717, 1.165) is 22.6 Å². The van der Waals surface area contributed by atoms with E-state index >= 15 is 0 Å². The van der Waals surface area contributed by atoms with Crippen molar-refractivity contribution in [2.24, 2.45) is 0 Å². The van der Waals surface area contributed by atoms with Gasteiger partial charge in [0.2, 0.25) is 0 Å². The second-order valence-electron chi connectivity index (χ2n) is 16.5. The van der Waals surface area contributed by atoms with Gasteiger partial charge in [-0.3, -0.25) is 0 Å². The van der Waals surface area contributed by atoms with Crippen LogP contribution in [0.1, 0.15) is 0 Å². The van der Waals surface area contributed by atoms with Gasteiger partial charge in [-0.1, -0.05) is 237 Å². The Labute approximate surface area is 381 Å². The monoisotopic (exact) mass is 827 g/mol. The van der Waals surface area contributed by atoms with Crippen molar-refractivity contribution >= 4 is 27.8 Å². The van der Waals surface area contributed by atoms with E-state index in [2.05, 4.69) is 278 Å². The number of anilines is 3. The maximum Gasteiger partial charge on any atom is 0.0540 e. The van der Waals surface area contributed by atoms with Gasteiger partial charge in [0.25, 0.3) is 0 Å². The van der Waals surface area contributed by atoms with Crippen molar-refractivity contribution in [2.75, 3.05) is 4.90 Å². The van der Waals surface area contributed by atoms with Crippen LogP contribution in [0, 0.1) is 0 Å². The summed E-state index contributed by atoms with van der Waals surface area (Å²) in [5, 5.41) is 2.49. The van der Waals surface area contributed by atoms with Gasteiger partial charge in [0.05, 0.1) is 5.69 Å². The number of para-hydroxylation sites is 1. The Morgan fingerprint density at radius 3 is 1.03 bits per heavy atom. The predicted octanol–water partition coefficient (Wildman–Crippen LogP) is 18.0. The lowest BCUT2D eigenvalue weighted by molar-refractivity contribution is 1.28. The molecule has 0 saturated heterocycles. The Morgan fingerprint density at radius 2 is 0.508 bits per heavy atom. The average Bonchev–Trinajstić information content (AvgIpc) is 3.40. The molecule has 11 aromatic carbocycles. The van der Waals surface area contributed by atoms with Crippen LogP contribution < -0.4 is 4.90 Å². The molecular formula is C64H45N. The molecule has 0 aliphatic carbocycles. The molecule has 0 fully saturated rings. The van der Waals surface area contributed by atoms with E-state index in [9.17, 15) is 0 Å². The minimum absolute atomic E-state index is 1.08. The molecule has 0 spiro atoms. The number of rotatable bonds is 10. The molecule has 0 amide bonds. The summed E-state index contributed by atoms with van der Waals surface area (Å²) in [6, 6.07) is 98.8. The molecule has 0 aromatic heterocycles. The van der Waals surface area contributed by atoms with E-state index in [0.29, 0.717) is 0 Å². The maximum atomic E-state index is 2.41. The molecule has 0 bridgehead atoms. The largest absolute Gasteiger partial charge is 0.310 e. The van der Waals surface area contributed by atoms with Crippen molar-refractivity contribution in [3.05, 3.63) is 273 Å². The number of hydrogen-bond donors (Lipinski definition) is 0. The summed E-state index contributed by atoms with van der Waals surface area (Å²) in [5.41, 5.74) is 19.9. The lowest BCUT2D eigenvalue weighted by Gasteiger charge is -2.29. The SMILES string of the molecule is c1ccc(-c2ccc(-c3ccc(N(c4ccc(-c5ccc6ccccc6c5)cc4)c4ccccc4-c4ccccc4-c4ccccc4-c4ccc(-c5ccccc5)cc4)cc3)cc2)cc1. The number of nitrogens with zero attached hydrogens (tertiary/aromatic N) is 1. The summed E-state index contributed by atoms with van der Waals surface area (Å²) in [6.07, 6.45) is 0. The highest BCUT2D eigenvalue weighted by atomic mass is 15.1. The zero-order valence-electron chi connectivity index (χ0n) is 35.9. The molecule has 1 heteroatoms. The lowest BCUT2D eigenvalue weighted by Crippen LogP contribution is -2.11. The van der Waals surface area contributed by atoms with Crippen LogP contribution in [0.2, 0.25) is 0 Å². The van der Waals surface area contributed by atoms with Gasteiger partial charge >= 0.3 is 0 Å². The molecule has 0 atom stereocenters. The summed E-state index contributed by atoms with van der Waals surface area (Å²) in [4.78, 5) is 2.41. The Hall–Kier alpha value is -8.52. The third kappa shape index (κ3) is 8.04. The van der Waals surface area contributed by atoms with Gasteiger partial charge in [-0.05, 0) is 119 Å². The van der Waals surface area contributed by atoms with E-state index < -0.39 is 0 Å². The first kappa shape index (κ1) is 39.3. The molecule has 11 aromatic rings. The molecule has 11 rings (SSSR count). The summed E-state index contributed by atoms with van der Waals surface area (Å²) < 4.78 is 0. The molecule has 0 aliphatic rings. The highest BCUT2D eigenvalue weighted by Gasteiger charge is 2.20. The van der Waals surface area contributed by atoms with Gasteiger partial charge in [0, 0.05) is 16.9 Å². The van der Waals surface area contributed by atoms with E-state index in [1.807, 2.05) is 0 Å². The molecule has 0 aliphatic heterocycles. The van der Waals surface area contributed by atoms with Gasteiger partial charge in [-0.2, -0.15) is 0 Å². The van der Waals surface area contributed by atoms with E-state index in [4.69, 9.17) is 0 Å². The number of hydrogen-bond acceptors (Lipinski definition) is 1. The van der Waals surface area contributed by atoms with Gasteiger partial charge in [0.15, 0.2) is 0 Å². The van der Waals surface area contributed by atoms with Crippen LogP contribution in [0.25, 0.3) is 88.7 Å². The quantitative estimate of drug-likeness (QED) is 0.133. The molecule has 65 heavy (non-hydrogen) atoms. The van der Waals surface area contributed by atoms with Crippen LogP contribution in [0.15, 0.2) is 273 Å². The van der Waals surface area contributed by atoms with Crippen LogP contribution in [0.3, 0.4) is 0 Å². The summed E-state index contributed by atoms with van der Waals surface area (Å²) >= 11 is 0. The van der Waals surface area contributed by atoms with Crippen molar-refractivity contribution in [3.8, 4) is 77.9 Å². The fourth-order valence-electron chi connectivity index (χ4n) is 9.18. The van der Waals surface area contributed by atoms with Gasteiger partial charge < -0.3 is 4.90 Å². The molecular weight excluding hydrogens is 783 g/mol. The number of benzene rings is 11. The number of fused-ring (bicyclic) bond motifs is 1. The fourth-order valence-corrected chi connectivity index (χ4v) is 9.18. The topological polar surface area (TPSA) is 3.24 Å². The molecule has 0 N–H and O–H groups in total. The Balaban J connectivity index is 1.00. The summed E-state index contributed by atoms with van der Waals surface area (Å²) in [5.74, 6) is 0.